The SMILES string of the molecule is CC(O)[C@H]1C[C@H]2OC(C)(C)O[C@H]2O1. The second-order valence-electron chi connectivity index (χ2n) is 4.19. The molecule has 2 aliphatic rings. The number of hydrogen-bond acceptors (Lipinski definition) is 4. The normalized spacial score (nSPS) is 44.8. The van der Waals surface area contributed by atoms with Crippen molar-refractivity contribution in [3.05, 3.63) is 0 Å². The Kier molecular flexibility index (Phi) is 2.11. The highest BCUT2D eigenvalue weighted by Gasteiger charge is 2.49. The lowest BCUT2D eigenvalue weighted by atomic mass is 10.1. The van der Waals surface area contributed by atoms with Gasteiger partial charge in [-0.3, -0.25) is 0 Å². The lowest BCUT2D eigenvalue weighted by molar-refractivity contribution is -0.212. The van der Waals surface area contributed by atoms with Gasteiger partial charge in [0.1, 0.15) is 6.10 Å². The molecule has 4 heteroatoms. The number of rotatable bonds is 1. The Hall–Kier alpha value is -0.160. The quantitative estimate of drug-likeness (QED) is 0.655. The standard InChI is InChI=1S/C9H16O4/c1-5(10)6-4-7-8(11-6)13-9(2,3)12-7/h5-8,10H,4H2,1-3H3/t5?,6-,7-,8-/m1/s1. The molecule has 0 aromatic rings. The van der Waals surface area contributed by atoms with E-state index in [2.05, 4.69) is 0 Å². The summed E-state index contributed by atoms with van der Waals surface area (Å²) in [6.45, 7) is 5.45. The predicted molar refractivity (Wildman–Crippen MR) is 45.0 cm³/mol. The van der Waals surface area contributed by atoms with Gasteiger partial charge in [-0.25, -0.2) is 0 Å². The maximum absolute atomic E-state index is 9.30. The van der Waals surface area contributed by atoms with Gasteiger partial charge in [-0.2, -0.15) is 0 Å². The molecule has 13 heavy (non-hydrogen) atoms. The van der Waals surface area contributed by atoms with Crippen molar-refractivity contribution in [3.8, 4) is 0 Å². The Bertz CT molecular complexity index is 186. The lowest BCUT2D eigenvalue weighted by Crippen LogP contribution is -2.28. The number of aliphatic hydroxyl groups is 1. The summed E-state index contributed by atoms with van der Waals surface area (Å²) in [5, 5.41) is 9.30. The third-order valence-corrected chi connectivity index (χ3v) is 2.45. The second-order valence-corrected chi connectivity index (χ2v) is 4.19. The van der Waals surface area contributed by atoms with Crippen LogP contribution in [-0.2, 0) is 14.2 Å². The summed E-state index contributed by atoms with van der Waals surface area (Å²) in [5.74, 6) is -0.543. The molecule has 1 unspecified atom stereocenters. The molecule has 76 valence electrons. The third kappa shape index (κ3) is 1.72. The second kappa shape index (κ2) is 2.92. The Labute approximate surface area is 77.8 Å². The zero-order valence-electron chi connectivity index (χ0n) is 8.19. The minimum atomic E-state index is -0.543. The molecule has 0 saturated carbocycles. The van der Waals surface area contributed by atoms with Gasteiger partial charge in [0.25, 0.3) is 0 Å². The van der Waals surface area contributed by atoms with E-state index in [1.165, 1.54) is 0 Å². The van der Waals surface area contributed by atoms with Gasteiger partial charge in [-0.1, -0.05) is 0 Å². The van der Waals surface area contributed by atoms with E-state index in [1.54, 1.807) is 6.92 Å². The van der Waals surface area contributed by atoms with E-state index < -0.39 is 11.9 Å². The smallest absolute Gasteiger partial charge is 0.187 e. The molecule has 0 radical (unpaired) electrons. The van der Waals surface area contributed by atoms with Crippen LogP contribution in [-0.4, -0.2) is 35.5 Å². The molecule has 1 N–H and O–H groups in total. The van der Waals surface area contributed by atoms with Crippen LogP contribution in [0.1, 0.15) is 27.2 Å². The molecule has 0 spiro atoms. The topological polar surface area (TPSA) is 47.9 Å². The molecular formula is C9H16O4. The molecule has 0 bridgehead atoms. The average Bonchev–Trinajstić information content (AvgIpc) is 2.39. The largest absolute Gasteiger partial charge is 0.391 e. The van der Waals surface area contributed by atoms with Crippen molar-refractivity contribution in [1.29, 1.82) is 0 Å². The monoisotopic (exact) mass is 188 g/mol. The summed E-state index contributed by atoms with van der Waals surface area (Å²) in [6.07, 6.45) is -0.206. The maximum Gasteiger partial charge on any atom is 0.187 e. The van der Waals surface area contributed by atoms with E-state index in [9.17, 15) is 5.11 Å². The van der Waals surface area contributed by atoms with Gasteiger partial charge >= 0.3 is 0 Å². The van der Waals surface area contributed by atoms with Crippen molar-refractivity contribution < 1.29 is 19.3 Å². The molecule has 2 saturated heterocycles. The van der Waals surface area contributed by atoms with E-state index in [-0.39, 0.29) is 18.5 Å². The molecule has 0 aromatic carbocycles. The van der Waals surface area contributed by atoms with Crippen LogP contribution in [0.2, 0.25) is 0 Å². The molecule has 4 atom stereocenters. The van der Waals surface area contributed by atoms with Gasteiger partial charge in [-0.15, -0.1) is 0 Å². The maximum atomic E-state index is 9.30. The average molecular weight is 188 g/mol. The first-order valence-electron chi connectivity index (χ1n) is 4.67. The van der Waals surface area contributed by atoms with Crippen molar-refractivity contribution in [2.24, 2.45) is 0 Å². The molecule has 4 nitrogen and oxygen atoms in total. The van der Waals surface area contributed by atoms with Crippen LogP contribution < -0.4 is 0 Å². The van der Waals surface area contributed by atoms with Gasteiger partial charge < -0.3 is 19.3 Å². The molecule has 2 heterocycles. The first kappa shape index (κ1) is 9.40. The van der Waals surface area contributed by atoms with Crippen LogP contribution in [0.15, 0.2) is 0 Å². The van der Waals surface area contributed by atoms with Crippen molar-refractivity contribution in [2.75, 3.05) is 0 Å². The summed E-state index contributed by atoms with van der Waals surface area (Å²) < 4.78 is 16.6. The number of hydrogen-bond donors (Lipinski definition) is 1. The molecular weight excluding hydrogens is 172 g/mol. The summed E-state index contributed by atoms with van der Waals surface area (Å²) >= 11 is 0. The van der Waals surface area contributed by atoms with Crippen molar-refractivity contribution in [3.63, 3.8) is 0 Å². The summed E-state index contributed by atoms with van der Waals surface area (Å²) in [7, 11) is 0. The number of aliphatic hydroxyl groups excluding tert-OH is 1. The van der Waals surface area contributed by atoms with E-state index in [0.29, 0.717) is 6.42 Å². The fourth-order valence-corrected chi connectivity index (χ4v) is 1.85. The molecule has 2 fully saturated rings. The first-order chi connectivity index (χ1) is 5.98. The fourth-order valence-electron chi connectivity index (χ4n) is 1.85. The molecule has 2 aliphatic heterocycles. The minimum absolute atomic E-state index is 0.0189. The van der Waals surface area contributed by atoms with Crippen molar-refractivity contribution in [2.45, 2.75) is 57.6 Å². The molecule has 0 aliphatic carbocycles. The Morgan fingerprint density at radius 1 is 1.38 bits per heavy atom. The highest BCUT2D eigenvalue weighted by Crippen LogP contribution is 2.37. The Morgan fingerprint density at radius 3 is 2.62 bits per heavy atom. The van der Waals surface area contributed by atoms with Gasteiger partial charge in [0.2, 0.25) is 0 Å². The zero-order chi connectivity index (χ0) is 9.64. The summed E-state index contributed by atoms with van der Waals surface area (Å²) in [6, 6.07) is 0. The third-order valence-electron chi connectivity index (χ3n) is 2.45. The van der Waals surface area contributed by atoms with Crippen LogP contribution in [0.5, 0.6) is 0 Å². The predicted octanol–water partition coefficient (Wildman–Crippen LogP) is 0.634. The van der Waals surface area contributed by atoms with E-state index >= 15 is 0 Å². The zero-order valence-corrected chi connectivity index (χ0v) is 8.19. The van der Waals surface area contributed by atoms with Gasteiger partial charge in [0, 0.05) is 6.42 Å². The van der Waals surface area contributed by atoms with Crippen LogP contribution in [0.4, 0.5) is 0 Å². The van der Waals surface area contributed by atoms with Crippen LogP contribution >= 0.6 is 0 Å². The number of fused-ring (bicyclic) bond motifs is 1. The van der Waals surface area contributed by atoms with Crippen LogP contribution in [0, 0.1) is 0 Å². The lowest BCUT2D eigenvalue weighted by Gasteiger charge is -2.21. The highest BCUT2D eigenvalue weighted by molar-refractivity contribution is 4.86. The first-order valence-corrected chi connectivity index (χ1v) is 4.67. The fraction of sp³-hybridized carbons (Fsp3) is 1.00. The van der Waals surface area contributed by atoms with Gasteiger partial charge in [0.15, 0.2) is 12.1 Å². The van der Waals surface area contributed by atoms with Gasteiger partial charge in [0.05, 0.1) is 12.2 Å². The van der Waals surface area contributed by atoms with Gasteiger partial charge in [-0.05, 0) is 20.8 Å². The van der Waals surface area contributed by atoms with Crippen molar-refractivity contribution >= 4 is 0 Å². The Balaban J connectivity index is 1.97. The highest BCUT2D eigenvalue weighted by atomic mass is 16.8. The molecule has 0 aromatic heterocycles. The van der Waals surface area contributed by atoms with E-state index in [4.69, 9.17) is 14.2 Å². The van der Waals surface area contributed by atoms with Crippen LogP contribution in [0.25, 0.3) is 0 Å². The van der Waals surface area contributed by atoms with Crippen molar-refractivity contribution in [1.82, 2.24) is 0 Å². The minimum Gasteiger partial charge on any atom is -0.391 e. The molecule has 2 rings (SSSR count). The molecule has 0 amide bonds. The van der Waals surface area contributed by atoms with Crippen LogP contribution in [0.3, 0.4) is 0 Å². The summed E-state index contributed by atoms with van der Waals surface area (Å²) in [5.41, 5.74) is 0. The van der Waals surface area contributed by atoms with E-state index in [1.807, 2.05) is 13.8 Å². The number of ether oxygens (including phenoxy) is 3. The Morgan fingerprint density at radius 2 is 2.08 bits per heavy atom. The van der Waals surface area contributed by atoms with E-state index in [0.717, 1.165) is 0 Å². The summed E-state index contributed by atoms with van der Waals surface area (Å²) in [4.78, 5) is 0.